The van der Waals surface area contributed by atoms with Gasteiger partial charge in [-0.3, -0.25) is 9.78 Å². The zero-order chi connectivity index (χ0) is 33.1. The van der Waals surface area contributed by atoms with Crippen LogP contribution in [0.2, 0.25) is 0 Å². The summed E-state index contributed by atoms with van der Waals surface area (Å²) in [5.74, 6) is -0.707. The van der Waals surface area contributed by atoms with Gasteiger partial charge >= 0.3 is 11.9 Å². The first-order valence-corrected chi connectivity index (χ1v) is 20.1. The first-order chi connectivity index (χ1) is 22.0. The summed E-state index contributed by atoms with van der Waals surface area (Å²) < 4.78 is 0. The fourth-order valence-electron chi connectivity index (χ4n) is 6.33. The molecule has 0 aromatic rings. The monoisotopic (exact) mass is 639 g/mol. The summed E-state index contributed by atoms with van der Waals surface area (Å²) in [6.45, 7) is 8.78. The van der Waals surface area contributed by atoms with Gasteiger partial charge in [0, 0.05) is 11.5 Å². The van der Waals surface area contributed by atoms with Crippen molar-refractivity contribution < 1.29 is 24.4 Å². The third-order valence-electron chi connectivity index (χ3n) is 9.22. The van der Waals surface area contributed by atoms with Crippen LogP contribution in [0.5, 0.6) is 0 Å². The van der Waals surface area contributed by atoms with E-state index in [1.165, 1.54) is 154 Å². The Bertz CT molecular complexity index is 620. The van der Waals surface area contributed by atoms with E-state index in [-0.39, 0.29) is 5.92 Å². The normalized spacial score (nSPS) is 12.1. The molecule has 0 aromatic heterocycles. The summed E-state index contributed by atoms with van der Waals surface area (Å²) in [5, 5.41) is 4.62. The van der Waals surface area contributed by atoms with Crippen LogP contribution in [-0.4, -0.2) is 11.9 Å². The minimum Gasteiger partial charge on any atom is -0.260 e. The lowest BCUT2D eigenvalue weighted by atomic mass is 9.92. The standard InChI is InChI=1S/C40H78O5/c1-5-7-9-11-13-15-17-19-21-23-25-27-29-31-33-35-39(41)43-45-44-40(42)38(36-37(3)4)34-32-30-28-26-24-22-20-18-16-14-12-10-8-6-2/h37-38H,5-36H2,1-4H3. The molecule has 0 saturated carbocycles. The van der Waals surface area contributed by atoms with Crippen LogP contribution in [0.15, 0.2) is 0 Å². The molecule has 0 rings (SSSR count). The second-order valence-electron chi connectivity index (χ2n) is 14.3. The minimum atomic E-state index is -0.468. The molecule has 0 heterocycles. The Labute approximate surface area is 280 Å². The summed E-state index contributed by atoms with van der Waals surface area (Å²) in [6.07, 6.45) is 39.6. The Morgan fingerprint density at radius 1 is 0.444 bits per heavy atom. The molecule has 45 heavy (non-hydrogen) atoms. The highest BCUT2D eigenvalue weighted by molar-refractivity contribution is 5.72. The summed E-state index contributed by atoms with van der Waals surface area (Å²) in [7, 11) is 0. The third-order valence-corrected chi connectivity index (χ3v) is 9.22. The lowest BCUT2D eigenvalue weighted by Crippen LogP contribution is -2.21. The van der Waals surface area contributed by atoms with Crippen LogP contribution in [0, 0.1) is 11.8 Å². The second-order valence-corrected chi connectivity index (χ2v) is 14.3. The van der Waals surface area contributed by atoms with Crippen LogP contribution in [-0.2, 0) is 24.4 Å². The maximum Gasteiger partial charge on any atom is 0.349 e. The average molecular weight is 639 g/mol. The number of rotatable bonds is 36. The summed E-state index contributed by atoms with van der Waals surface area (Å²) >= 11 is 0. The van der Waals surface area contributed by atoms with Crippen molar-refractivity contribution in [2.75, 3.05) is 0 Å². The molecule has 0 aliphatic rings. The van der Waals surface area contributed by atoms with Crippen LogP contribution in [0.1, 0.15) is 233 Å². The molecule has 0 saturated heterocycles. The summed E-state index contributed by atoms with van der Waals surface area (Å²) in [6, 6.07) is 0. The van der Waals surface area contributed by atoms with E-state index in [0.29, 0.717) is 12.3 Å². The maximum atomic E-state index is 12.6. The molecule has 0 aliphatic carbocycles. The van der Waals surface area contributed by atoms with Gasteiger partial charge in [-0.2, -0.15) is 0 Å². The van der Waals surface area contributed by atoms with Gasteiger partial charge in [-0.15, -0.1) is 0 Å². The van der Waals surface area contributed by atoms with Gasteiger partial charge in [0.2, 0.25) is 0 Å². The molecule has 0 N–H and O–H groups in total. The van der Waals surface area contributed by atoms with Crippen LogP contribution < -0.4 is 0 Å². The van der Waals surface area contributed by atoms with E-state index in [1.807, 2.05) is 0 Å². The van der Waals surface area contributed by atoms with Crippen molar-refractivity contribution in [3.8, 4) is 0 Å². The predicted octanol–water partition coefficient (Wildman–Crippen LogP) is 13.7. The highest BCUT2D eigenvalue weighted by atomic mass is 17.5. The van der Waals surface area contributed by atoms with E-state index in [0.717, 1.165) is 44.9 Å². The number of unbranched alkanes of at least 4 members (excludes halogenated alkanes) is 27. The average Bonchev–Trinajstić information content (AvgIpc) is 3.02. The van der Waals surface area contributed by atoms with Crippen LogP contribution in [0.3, 0.4) is 0 Å². The summed E-state index contributed by atoms with van der Waals surface area (Å²) in [4.78, 5) is 34.2. The first-order valence-electron chi connectivity index (χ1n) is 20.1. The number of hydrogen-bond acceptors (Lipinski definition) is 5. The predicted molar refractivity (Wildman–Crippen MR) is 191 cm³/mol. The molecule has 1 atom stereocenters. The van der Waals surface area contributed by atoms with Gasteiger partial charge in [-0.25, -0.2) is 9.59 Å². The lowest BCUT2D eigenvalue weighted by molar-refractivity contribution is -0.460. The molecular weight excluding hydrogens is 560 g/mol. The van der Waals surface area contributed by atoms with E-state index >= 15 is 0 Å². The van der Waals surface area contributed by atoms with Crippen LogP contribution in [0.25, 0.3) is 0 Å². The lowest BCUT2D eigenvalue weighted by Gasteiger charge is -2.16. The molecule has 0 bridgehead atoms. The molecular formula is C40H78O5. The minimum absolute atomic E-state index is 0.212. The fraction of sp³-hybridized carbons (Fsp3) is 0.950. The molecule has 1 unspecified atom stereocenters. The third kappa shape index (κ3) is 34.1. The number of carbonyl (C=O) groups excluding carboxylic acids is 2. The Hall–Kier alpha value is -1.10. The van der Waals surface area contributed by atoms with Gasteiger partial charge in [0.25, 0.3) is 0 Å². The molecule has 0 radical (unpaired) electrons. The molecule has 5 nitrogen and oxygen atoms in total. The van der Waals surface area contributed by atoms with E-state index in [4.69, 9.17) is 9.78 Å². The van der Waals surface area contributed by atoms with Crippen molar-refractivity contribution in [2.24, 2.45) is 11.8 Å². The van der Waals surface area contributed by atoms with Crippen LogP contribution in [0.4, 0.5) is 0 Å². The van der Waals surface area contributed by atoms with Gasteiger partial charge in [-0.1, -0.05) is 207 Å². The highest BCUT2D eigenvalue weighted by Gasteiger charge is 2.23. The molecule has 0 amide bonds. The van der Waals surface area contributed by atoms with E-state index in [2.05, 4.69) is 32.7 Å². The molecule has 0 fully saturated rings. The molecule has 0 aromatic carbocycles. The Kier molecular flexibility index (Phi) is 34.9. The topological polar surface area (TPSA) is 61.8 Å². The number of hydrogen-bond donors (Lipinski definition) is 0. The van der Waals surface area contributed by atoms with Gasteiger partial charge in [0.05, 0.1) is 5.92 Å². The van der Waals surface area contributed by atoms with Gasteiger partial charge < -0.3 is 0 Å². The first kappa shape index (κ1) is 43.9. The van der Waals surface area contributed by atoms with E-state index in [1.54, 1.807) is 0 Å². The van der Waals surface area contributed by atoms with Gasteiger partial charge in [-0.05, 0) is 25.2 Å². The van der Waals surface area contributed by atoms with Gasteiger partial charge in [0.15, 0.2) is 0 Å². The second kappa shape index (κ2) is 35.7. The molecule has 5 heteroatoms. The van der Waals surface area contributed by atoms with E-state index in [9.17, 15) is 9.59 Å². The zero-order valence-corrected chi connectivity index (χ0v) is 30.8. The van der Waals surface area contributed by atoms with Crippen molar-refractivity contribution >= 4 is 11.9 Å². The van der Waals surface area contributed by atoms with Crippen molar-refractivity contribution in [2.45, 2.75) is 233 Å². The van der Waals surface area contributed by atoms with Crippen molar-refractivity contribution in [3.05, 3.63) is 0 Å². The maximum absolute atomic E-state index is 12.6. The van der Waals surface area contributed by atoms with Crippen molar-refractivity contribution in [1.29, 1.82) is 0 Å². The molecule has 0 spiro atoms. The Morgan fingerprint density at radius 3 is 1.13 bits per heavy atom. The SMILES string of the molecule is CCCCCCCCCCCCCCCCCC(=O)OOOC(=O)C(CCCCCCCCCCCCCCCC)CC(C)C. The van der Waals surface area contributed by atoms with Gasteiger partial charge in [0.1, 0.15) is 0 Å². The van der Waals surface area contributed by atoms with Crippen molar-refractivity contribution in [3.63, 3.8) is 0 Å². The largest absolute Gasteiger partial charge is 0.349 e. The van der Waals surface area contributed by atoms with Crippen molar-refractivity contribution in [1.82, 2.24) is 0 Å². The van der Waals surface area contributed by atoms with E-state index < -0.39 is 11.9 Å². The van der Waals surface area contributed by atoms with Crippen LogP contribution >= 0.6 is 0 Å². The quantitative estimate of drug-likeness (QED) is 0.0388. The Morgan fingerprint density at radius 2 is 0.778 bits per heavy atom. The molecule has 268 valence electrons. The Balaban J connectivity index is 3.70. The smallest absolute Gasteiger partial charge is 0.260 e. The zero-order valence-electron chi connectivity index (χ0n) is 30.8. The molecule has 0 aliphatic heterocycles. The highest BCUT2D eigenvalue weighted by Crippen LogP contribution is 2.22. The number of carbonyl (C=O) groups is 2. The summed E-state index contributed by atoms with van der Waals surface area (Å²) in [5.41, 5.74) is 0. The fourth-order valence-corrected chi connectivity index (χ4v) is 6.33.